The summed E-state index contributed by atoms with van der Waals surface area (Å²) in [5.41, 5.74) is 2.46. The number of amides is 1. The number of carbonyl (C=O) groups excluding carboxylic acids is 1. The molecule has 0 fully saturated rings. The van der Waals surface area contributed by atoms with Crippen molar-refractivity contribution in [2.24, 2.45) is 0 Å². The maximum Gasteiger partial charge on any atom is 0.267 e. The summed E-state index contributed by atoms with van der Waals surface area (Å²) < 4.78 is 1.95. The van der Waals surface area contributed by atoms with Gasteiger partial charge in [-0.1, -0.05) is 0 Å². The molecule has 6 heteroatoms. The molecule has 0 atom stereocenters. The first kappa shape index (κ1) is 17.0. The molecule has 2 aromatic rings. The van der Waals surface area contributed by atoms with E-state index >= 15 is 0 Å². The SMILES string of the molecule is CCn1cccc1/C=C(\C#N)C(=O)Nc1sc2c(c1C#N)CCCC2. The first-order valence-electron chi connectivity index (χ1n) is 8.30. The van der Waals surface area contributed by atoms with Gasteiger partial charge in [-0.05, 0) is 56.4 Å². The summed E-state index contributed by atoms with van der Waals surface area (Å²) in [6.07, 6.45) is 7.51. The molecule has 1 amide bonds. The van der Waals surface area contributed by atoms with Crippen LogP contribution in [-0.4, -0.2) is 10.5 Å². The molecule has 0 radical (unpaired) electrons. The Morgan fingerprint density at radius 1 is 1.40 bits per heavy atom. The van der Waals surface area contributed by atoms with E-state index in [2.05, 4.69) is 11.4 Å². The number of thiophene rings is 1. The molecule has 0 aromatic carbocycles. The number of hydrogen-bond donors (Lipinski definition) is 1. The number of nitrogens with one attached hydrogen (secondary N) is 1. The summed E-state index contributed by atoms with van der Waals surface area (Å²) in [4.78, 5) is 13.7. The second kappa shape index (κ2) is 7.38. The van der Waals surface area contributed by atoms with Crippen molar-refractivity contribution in [1.29, 1.82) is 10.5 Å². The first-order chi connectivity index (χ1) is 12.2. The molecule has 0 saturated heterocycles. The standard InChI is InChI=1S/C19H18N4OS/c1-2-23-9-5-6-14(23)10-13(11-20)18(24)22-19-16(12-21)15-7-3-4-8-17(15)25-19/h5-6,9-10H,2-4,7-8H2,1H3,(H,22,24)/b13-10+. The Hall–Kier alpha value is -2.83. The average Bonchev–Trinajstić information content (AvgIpc) is 3.22. The largest absolute Gasteiger partial charge is 0.348 e. The summed E-state index contributed by atoms with van der Waals surface area (Å²) in [5, 5.41) is 22.2. The van der Waals surface area contributed by atoms with Gasteiger partial charge in [0.05, 0.1) is 5.56 Å². The fourth-order valence-electron chi connectivity index (χ4n) is 3.09. The minimum Gasteiger partial charge on any atom is -0.348 e. The smallest absolute Gasteiger partial charge is 0.267 e. The van der Waals surface area contributed by atoms with Gasteiger partial charge in [0.2, 0.25) is 0 Å². The molecule has 3 rings (SSSR count). The lowest BCUT2D eigenvalue weighted by atomic mass is 9.96. The number of fused-ring (bicyclic) bond motifs is 1. The monoisotopic (exact) mass is 350 g/mol. The predicted molar refractivity (Wildman–Crippen MR) is 98.0 cm³/mol. The fourth-order valence-corrected chi connectivity index (χ4v) is 4.32. The molecule has 25 heavy (non-hydrogen) atoms. The second-order valence-electron chi connectivity index (χ2n) is 5.87. The van der Waals surface area contributed by atoms with Gasteiger partial charge in [-0.2, -0.15) is 10.5 Å². The van der Waals surface area contributed by atoms with E-state index < -0.39 is 5.91 Å². The normalized spacial score (nSPS) is 13.6. The number of anilines is 1. The molecular formula is C19H18N4OS. The fraction of sp³-hybridized carbons (Fsp3) is 0.316. The molecule has 1 aliphatic rings. The van der Waals surface area contributed by atoms with E-state index in [1.165, 1.54) is 16.2 Å². The topological polar surface area (TPSA) is 81.6 Å². The second-order valence-corrected chi connectivity index (χ2v) is 6.98. The van der Waals surface area contributed by atoms with Crippen molar-refractivity contribution in [3.8, 4) is 12.1 Å². The Bertz CT molecular complexity index is 920. The zero-order valence-corrected chi connectivity index (χ0v) is 14.8. The van der Waals surface area contributed by atoms with E-state index in [1.54, 1.807) is 6.08 Å². The zero-order chi connectivity index (χ0) is 17.8. The van der Waals surface area contributed by atoms with E-state index in [0.717, 1.165) is 43.5 Å². The van der Waals surface area contributed by atoms with Crippen molar-refractivity contribution in [1.82, 2.24) is 4.57 Å². The Morgan fingerprint density at radius 2 is 2.20 bits per heavy atom. The van der Waals surface area contributed by atoms with E-state index in [4.69, 9.17) is 0 Å². The van der Waals surface area contributed by atoms with Gasteiger partial charge in [0.25, 0.3) is 5.91 Å². The molecule has 0 aliphatic heterocycles. The minimum atomic E-state index is -0.471. The molecule has 1 aliphatic carbocycles. The Balaban J connectivity index is 1.88. The lowest BCUT2D eigenvalue weighted by Gasteiger charge is -2.09. The van der Waals surface area contributed by atoms with Crippen LogP contribution >= 0.6 is 11.3 Å². The molecule has 0 spiro atoms. The molecule has 5 nitrogen and oxygen atoms in total. The van der Waals surface area contributed by atoms with Gasteiger partial charge in [0.1, 0.15) is 22.7 Å². The van der Waals surface area contributed by atoms with Crippen LogP contribution in [0.3, 0.4) is 0 Å². The highest BCUT2D eigenvalue weighted by atomic mass is 32.1. The van der Waals surface area contributed by atoms with Crippen LogP contribution in [0.15, 0.2) is 23.9 Å². The number of nitriles is 2. The molecule has 2 aromatic heterocycles. The number of rotatable bonds is 4. The number of aryl methyl sites for hydroxylation is 2. The van der Waals surface area contributed by atoms with Crippen LogP contribution in [0.5, 0.6) is 0 Å². The summed E-state index contributed by atoms with van der Waals surface area (Å²) in [6, 6.07) is 7.93. The summed E-state index contributed by atoms with van der Waals surface area (Å²) in [6.45, 7) is 2.76. The van der Waals surface area contributed by atoms with Crippen LogP contribution in [0, 0.1) is 22.7 Å². The molecular weight excluding hydrogens is 332 g/mol. The van der Waals surface area contributed by atoms with Gasteiger partial charge in [-0.3, -0.25) is 4.79 Å². The molecule has 0 bridgehead atoms. The van der Waals surface area contributed by atoms with Gasteiger partial charge in [0, 0.05) is 23.3 Å². The van der Waals surface area contributed by atoms with Crippen LogP contribution in [0.25, 0.3) is 6.08 Å². The van der Waals surface area contributed by atoms with Crippen LogP contribution in [0.1, 0.15) is 41.5 Å². The summed E-state index contributed by atoms with van der Waals surface area (Å²) >= 11 is 1.46. The molecule has 0 saturated carbocycles. The first-order valence-corrected chi connectivity index (χ1v) is 9.12. The quantitative estimate of drug-likeness (QED) is 0.671. The molecule has 1 N–H and O–H groups in total. The number of hydrogen-bond acceptors (Lipinski definition) is 4. The Kier molecular flexibility index (Phi) is 5.02. The minimum absolute atomic E-state index is 0.0312. The van der Waals surface area contributed by atoms with Crippen molar-refractivity contribution in [3.63, 3.8) is 0 Å². The number of nitrogens with zero attached hydrogens (tertiary/aromatic N) is 3. The Morgan fingerprint density at radius 3 is 2.92 bits per heavy atom. The summed E-state index contributed by atoms with van der Waals surface area (Å²) in [5.74, 6) is -0.471. The lowest BCUT2D eigenvalue weighted by molar-refractivity contribution is -0.112. The summed E-state index contributed by atoms with van der Waals surface area (Å²) in [7, 11) is 0. The predicted octanol–water partition coefficient (Wildman–Crippen LogP) is 3.87. The van der Waals surface area contributed by atoms with Crippen molar-refractivity contribution in [3.05, 3.63) is 45.6 Å². The number of aromatic nitrogens is 1. The molecule has 0 unspecified atom stereocenters. The van der Waals surface area contributed by atoms with Crippen LogP contribution in [-0.2, 0) is 24.2 Å². The third-order valence-electron chi connectivity index (χ3n) is 4.37. The zero-order valence-electron chi connectivity index (χ0n) is 14.0. The third kappa shape index (κ3) is 3.35. The van der Waals surface area contributed by atoms with E-state index in [1.807, 2.05) is 35.9 Å². The highest BCUT2D eigenvalue weighted by molar-refractivity contribution is 7.16. The highest BCUT2D eigenvalue weighted by Gasteiger charge is 2.22. The van der Waals surface area contributed by atoms with Gasteiger partial charge in [-0.25, -0.2) is 0 Å². The number of carbonyl (C=O) groups is 1. The van der Waals surface area contributed by atoms with Crippen molar-refractivity contribution < 1.29 is 4.79 Å². The maximum atomic E-state index is 12.5. The molecule has 126 valence electrons. The van der Waals surface area contributed by atoms with Crippen LogP contribution < -0.4 is 5.32 Å². The van der Waals surface area contributed by atoms with Gasteiger partial charge in [0.15, 0.2) is 0 Å². The van der Waals surface area contributed by atoms with Gasteiger partial charge in [-0.15, -0.1) is 11.3 Å². The van der Waals surface area contributed by atoms with Crippen molar-refractivity contribution >= 4 is 28.3 Å². The van der Waals surface area contributed by atoms with E-state index in [9.17, 15) is 15.3 Å². The third-order valence-corrected chi connectivity index (χ3v) is 5.58. The van der Waals surface area contributed by atoms with Crippen molar-refractivity contribution in [2.45, 2.75) is 39.2 Å². The van der Waals surface area contributed by atoms with Gasteiger partial charge >= 0.3 is 0 Å². The van der Waals surface area contributed by atoms with Crippen LogP contribution in [0.4, 0.5) is 5.00 Å². The average molecular weight is 350 g/mol. The molecule has 2 heterocycles. The van der Waals surface area contributed by atoms with E-state index in [0.29, 0.717) is 10.6 Å². The van der Waals surface area contributed by atoms with Gasteiger partial charge < -0.3 is 9.88 Å². The van der Waals surface area contributed by atoms with Crippen LogP contribution in [0.2, 0.25) is 0 Å². The highest BCUT2D eigenvalue weighted by Crippen LogP contribution is 2.37. The maximum absolute atomic E-state index is 12.5. The van der Waals surface area contributed by atoms with Crippen molar-refractivity contribution in [2.75, 3.05) is 5.32 Å². The Labute approximate surface area is 150 Å². The van der Waals surface area contributed by atoms with E-state index in [-0.39, 0.29) is 5.57 Å². The lowest BCUT2D eigenvalue weighted by Crippen LogP contribution is -2.13.